The zero-order valence-corrected chi connectivity index (χ0v) is 7.53. The molecule has 0 fully saturated rings. The number of nitrogens with two attached hydrogens (primary N) is 1. The quantitative estimate of drug-likeness (QED) is 0.607. The number of benzene rings is 1. The zero-order valence-electron chi connectivity index (χ0n) is 7.53. The van der Waals surface area contributed by atoms with Crippen molar-refractivity contribution in [1.82, 2.24) is 0 Å². The highest BCUT2D eigenvalue weighted by molar-refractivity contribution is 5.88. The van der Waals surface area contributed by atoms with Crippen LogP contribution < -0.4 is 5.73 Å². The Kier molecular flexibility index (Phi) is 1.93. The number of aromatic hydroxyl groups is 1. The normalized spacial score (nSPS) is 19.4. The van der Waals surface area contributed by atoms with Gasteiger partial charge in [0, 0.05) is 6.04 Å². The molecule has 0 heterocycles. The maximum atomic E-state index is 10.7. The van der Waals surface area contributed by atoms with Crippen LogP contribution in [0.3, 0.4) is 0 Å². The third-order valence-corrected chi connectivity index (χ3v) is 2.51. The molecule has 4 heteroatoms. The summed E-state index contributed by atoms with van der Waals surface area (Å²) in [5, 5.41) is 18.3. The first-order valence-electron chi connectivity index (χ1n) is 4.41. The van der Waals surface area contributed by atoms with E-state index in [0.29, 0.717) is 12.8 Å². The van der Waals surface area contributed by atoms with Crippen LogP contribution in [-0.4, -0.2) is 22.2 Å². The van der Waals surface area contributed by atoms with Gasteiger partial charge in [0.15, 0.2) is 0 Å². The number of rotatable bonds is 1. The fourth-order valence-electron chi connectivity index (χ4n) is 1.87. The highest BCUT2D eigenvalue weighted by atomic mass is 16.4. The summed E-state index contributed by atoms with van der Waals surface area (Å²) < 4.78 is 0. The van der Waals surface area contributed by atoms with Gasteiger partial charge in [-0.1, -0.05) is 0 Å². The van der Waals surface area contributed by atoms with E-state index in [4.69, 9.17) is 10.8 Å². The Hall–Kier alpha value is -1.55. The minimum atomic E-state index is -1.02. The molecule has 0 aromatic heterocycles. The van der Waals surface area contributed by atoms with Crippen molar-refractivity contribution in [2.24, 2.45) is 5.73 Å². The number of phenols is 1. The second kappa shape index (κ2) is 2.99. The smallest absolute Gasteiger partial charge is 0.335 e. The van der Waals surface area contributed by atoms with Crippen LogP contribution in [-0.2, 0) is 12.8 Å². The molecule has 1 aromatic carbocycles. The third-order valence-electron chi connectivity index (χ3n) is 2.51. The summed E-state index contributed by atoms with van der Waals surface area (Å²) >= 11 is 0. The average molecular weight is 193 g/mol. The molecule has 74 valence electrons. The second-order valence-corrected chi connectivity index (χ2v) is 3.61. The van der Waals surface area contributed by atoms with Gasteiger partial charge < -0.3 is 15.9 Å². The molecular formula is C10H11NO3. The summed E-state index contributed by atoms with van der Waals surface area (Å²) in [5.74, 6) is -0.976. The number of hydrogen-bond acceptors (Lipinski definition) is 3. The lowest BCUT2D eigenvalue weighted by Crippen LogP contribution is -2.19. The van der Waals surface area contributed by atoms with Crippen LogP contribution >= 0.6 is 0 Å². The Balaban J connectivity index is 2.51. The molecule has 0 bridgehead atoms. The van der Waals surface area contributed by atoms with Crippen molar-refractivity contribution < 1.29 is 15.0 Å². The number of carboxylic acids is 1. The molecule has 0 amide bonds. The summed E-state index contributed by atoms with van der Waals surface area (Å²) in [6.45, 7) is 0. The third kappa shape index (κ3) is 1.33. The van der Waals surface area contributed by atoms with Gasteiger partial charge in [0.05, 0.1) is 5.56 Å². The molecule has 0 radical (unpaired) electrons. The number of hydrogen-bond donors (Lipinski definition) is 3. The molecule has 1 aliphatic rings. The van der Waals surface area contributed by atoms with E-state index in [0.717, 1.165) is 11.1 Å². The molecule has 1 aromatic rings. The van der Waals surface area contributed by atoms with Crippen LogP contribution in [0.1, 0.15) is 21.5 Å². The van der Waals surface area contributed by atoms with Gasteiger partial charge in [-0.2, -0.15) is 0 Å². The Bertz CT molecular complexity index is 401. The molecule has 1 atom stereocenters. The number of carbonyl (C=O) groups is 1. The van der Waals surface area contributed by atoms with E-state index in [-0.39, 0.29) is 17.4 Å². The monoisotopic (exact) mass is 193 g/mol. The van der Waals surface area contributed by atoms with Crippen molar-refractivity contribution in [3.05, 3.63) is 28.8 Å². The summed E-state index contributed by atoms with van der Waals surface area (Å²) in [4.78, 5) is 10.7. The lowest BCUT2D eigenvalue weighted by molar-refractivity contribution is 0.0696. The summed E-state index contributed by atoms with van der Waals surface area (Å²) in [7, 11) is 0. The Labute approximate surface area is 81.0 Å². The van der Waals surface area contributed by atoms with Crippen molar-refractivity contribution in [2.75, 3.05) is 0 Å². The van der Waals surface area contributed by atoms with Crippen LogP contribution in [0.4, 0.5) is 0 Å². The largest absolute Gasteiger partial charge is 0.508 e. The molecule has 1 unspecified atom stereocenters. The fraction of sp³-hybridized carbons (Fsp3) is 0.300. The van der Waals surface area contributed by atoms with E-state index >= 15 is 0 Å². The average Bonchev–Trinajstić information content (AvgIpc) is 2.45. The molecule has 2 rings (SSSR count). The first kappa shape index (κ1) is 9.02. The Morgan fingerprint density at radius 3 is 2.79 bits per heavy atom. The zero-order chi connectivity index (χ0) is 10.3. The van der Waals surface area contributed by atoms with Crippen molar-refractivity contribution in [3.8, 4) is 5.75 Å². The van der Waals surface area contributed by atoms with Crippen molar-refractivity contribution in [2.45, 2.75) is 18.9 Å². The van der Waals surface area contributed by atoms with E-state index in [1.807, 2.05) is 0 Å². The summed E-state index contributed by atoms with van der Waals surface area (Å²) in [6, 6.07) is 2.86. The fourth-order valence-corrected chi connectivity index (χ4v) is 1.87. The van der Waals surface area contributed by atoms with Gasteiger partial charge in [0.2, 0.25) is 0 Å². The highest BCUT2D eigenvalue weighted by Gasteiger charge is 2.23. The first-order valence-corrected chi connectivity index (χ1v) is 4.41. The molecule has 4 nitrogen and oxygen atoms in total. The standard InChI is InChI=1S/C10H11NO3/c11-7-2-5-1-6(10(13)14)3-9(12)8(5)4-7/h1,3,7,12H,2,4,11H2,(H,13,14). The molecule has 0 aliphatic heterocycles. The van der Waals surface area contributed by atoms with Crippen LogP contribution in [0.15, 0.2) is 12.1 Å². The predicted octanol–water partition coefficient (Wildman–Crippen LogP) is 0.516. The molecule has 0 saturated heterocycles. The Morgan fingerprint density at radius 1 is 1.43 bits per heavy atom. The van der Waals surface area contributed by atoms with Crippen molar-refractivity contribution in [3.63, 3.8) is 0 Å². The topological polar surface area (TPSA) is 83.6 Å². The van der Waals surface area contributed by atoms with Gasteiger partial charge in [-0.05, 0) is 36.1 Å². The molecule has 0 saturated carbocycles. The summed E-state index contributed by atoms with van der Waals surface area (Å²) in [5.41, 5.74) is 7.49. The van der Waals surface area contributed by atoms with Crippen LogP contribution in [0.25, 0.3) is 0 Å². The number of phenolic OH excluding ortho intramolecular Hbond substituents is 1. The van der Waals surface area contributed by atoms with Gasteiger partial charge >= 0.3 is 5.97 Å². The minimum Gasteiger partial charge on any atom is -0.508 e. The minimum absolute atomic E-state index is 0.0000510. The second-order valence-electron chi connectivity index (χ2n) is 3.61. The molecular weight excluding hydrogens is 182 g/mol. The van der Waals surface area contributed by atoms with E-state index in [1.165, 1.54) is 6.07 Å². The Morgan fingerprint density at radius 2 is 2.14 bits per heavy atom. The van der Waals surface area contributed by atoms with Crippen molar-refractivity contribution in [1.29, 1.82) is 0 Å². The van der Waals surface area contributed by atoms with Gasteiger partial charge in [-0.15, -0.1) is 0 Å². The number of fused-ring (bicyclic) bond motifs is 1. The van der Waals surface area contributed by atoms with E-state index in [1.54, 1.807) is 6.07 Å². The molecule has 1 aliphatic carbocycles. The number of carboxylic acid groups (broad SMARTS) is 1. The number of aromatic carboxylic acids is 1. The van der Waals surface area contributed by atoms with Gasteiger partial charge in [0.1, 0.15) is 5.75 Å². The molecule has 0 spiro atoms. The lowest BCUT2D eigenvalue weighted by Gasteiger charge is -2.03. The van der Waals surface area contributed by atoms with E-state index < -0.39 is 5.97 Å². The maximum Gasteiger partial charge on any atom is 0.335 e. The lowest BCUT2D eigenvalue weighted by atomic mass is 10.1. The highest BCUT2D eigenvalue weighted by Crippen LogP contribution is 2.30. The molecule has 4 N–H and O–H groups in total. The maximum absolute atomic E-state index is 10.7. The summed E-state index contributed by atoms with van der Waals surface area (Å²) in [6.07, 6.45) is 1.27. The van der Waals surface area contributed by atoms with Crippen molar-refractivity contribution >= 4 is 5.97 Å². The van der Waals surface area contributed by atoms with Gasteiger partial charge in [-0.25, -0.2) is 4.79 Å². The van der Waals surface area contributed by atoms with Gasteiger partial charge in [0.25, 0.3) is 0 Å². The SMILES string of the molecule is NC1Cc2cc(C(=O)O)cc(O)c2C1. The van der Waals surface area contributed by atoms with E-state index in [9.17, 15) is 9.90 Å². The van der Waals surface area contributed by atoms with E-state index in [2.05, 4.69) is 0 Å². The van der Waals surface area contributed by atoms with Gasteiger partial charge in [-0.3, -0.25) is 0 Å². The first-order chi connectivity index (χ1) is 6.58. The van der Waals surface area contributed by atoms with Crippen LogP contribution in [0.5, 0.6) is 5.75 Å². The van der Waals surface area contributed by atoms with Crippen LogP contribution in [0.2, 0.25) is 0 Å². The van der Waals surface area contributed by atoms with Crippen LogP contribution in [0, 0.1) is 0 Å². The molecule has 14 heavy (non-hydrogen) atoms. The predicted molar refractivity (Wildman–Crippen MR) is 50.4 cm³/mol.